The predicted molar refractivity (Wildman–Crippen MR) is 109 cm³/mol. The number of rotatable bonds is 7. The zero-order chi connectivity index (χ0) is 21.8. The fraction of sp³-hybridized carbons (Fsp3) is 0.211. The quantitative estimate of drug-likeness (QED) is 0.337. The first-order valence-electron chi connectivity index (χ1n) is 8.88. The molecule has 1 aromatic carbocycles. The van der Waals surface area contributed by atoms with Crippen LogP contribution in [0.4, 0.5) is 15.9 Å². The molecule has 0 radical (unpaired) electrons. The van der Waals surface area contributed by atoms with Gasteiger partial charge in [-0.25, -0.2) is 9.07 Å². The van der Waals surface area contributed by atoms with Gasteiger partial charge < -0.3 is 11.1 Å². The van der Waals surface area contributed by atoms with E-state index in [0.717, 1.165) is 11.3 Å². The predicted octanol–water partition coefficient (Wildman–Crippen LogP) is 3.11. The van der Waals surface area contributed by atoms with Crippen LogP contribution in [-0.2, 0) is 6.42 Å². The molecule has 0 aliphatic rings. The van der Waals surface area contributed by atoms with E-state index in [1.807, 2.05) is 6.07 Å². The second kappa shape index (κ2) is 8.71. The van der Waals surface area contributed by atoms with Crippen LogP contribution in [0.15, 0.2) is 30.3 Å². The summed E-state index contributed by atoms with van der Waals surface area (Å²) in [5.41, 5.74) is 7.16. The number of anilines is 1. The van der Waals surface area contributed by atoms with E-state index in [1.165, 1.54) is 35.0 Å². The lowest BCUT2D eigenvalue weighted by molar-refractivity contribution is -0.385. The highest BCUT2D eigenvalue weighted by Crippen LogP contribution is 2.28. The molecule has 0 fully saturated rings. The van der Waals surface area contributed by atoms with E-state index in [-0.39, 0.29) is 28.5 Å². The molecule has 0 saturated heterocycles. The lowest BCUT2D eigenvalue weighted by Gasteiger charge is -2.03. The van der Waals surface area contributed by atoms with Crippen molar-refractivity contribution in [2.45, 2.75) is 19.8 Å². The van der Waals surface area contributed by atoms with Crippen molar-refractivity contribution >= 4 is 28.7 Å². The summed E-state index contributed by atoms with van der Waals surface area (Å²) in [6.45, 7) is 1.88. The summed E-state index contributed by atoms with van der Waals surface area (Å²) in [6.07, 6.45) is 0.859. The zero-order valence-electron chi connectivity index (χ0n) is 15.9. The standard InChI is InChI=1S/C19H17FN6O3S/c1-11-16(26(28)29)9-17(30-11)19(27)23-8-2-3-15-14(10-21)18(22)25(24-15)13-6-4-12(20)5-7-13/h4-7,9H,2-3,8,22H2,1H3,(H,23,27). The number of carbonyl (C=O) groups excluding carboxylic acids is 1. The number of nitro groups is 1. The van der Waals surface area contributed by atoms with E-state index in [0.29, 0.717) is 29.1 Å². The summed E-state index contributed by atoms with van der Waals surface area (Å²) >= 11 is 1.06. The number of aryl methyl sites for hydroxylation is 2. The van der Waals surface area contributed by atoms with Crippen LogP contribution in [0.2, 0.25) is 0 Å². The van der Waals surface area contributed by atoms with Crippen LogP contribution in [0.3, 0.4) is 0 Å². The van der Waals surface area contributed by atoms with Gasteiger partial charge in [0.25, 0.3) is 11.6 Å². The number of amides is 1. The minimum absolute atomic E-state index is 0.0781. The third-order valence-electron chi connectivity index (χ3n) is 4.36. The zero-order valence-corrected chi connectivity index (χ0v) is 16.7. The first-order chi connectivity index (χ1) is 14.3. The van der Waals surface area contributed by atoms with Crippen molar-refractivity contribution in [2.75, 3.05) is 12.3 Å². The molecule has 0 spiro atoms. The molecule has 30 heavy (non-hydrogen) atoms. The van der Waals surface area contributed by atoms with E-state index in [9.17, 15) is 24.6 Å². The minimum Gasteiger partial charge on any atom is -0.382 e. The number of nitrogens with two attached hydrogens (primary N) is 1. The van der Waals surface area contributed by atoms with Crippen molar-refractivity contribution in [1.29, 1.82) is 5.26 Å². The lowest BCUT2D eigenvalue weighted by Crippen LogP contribution is -2.24. The van der Waals surface area contributed by atoms with Crippen LogP contribution >= 0.6 is 11.3 Å². The van der Waals surface area contributed by atoms with Crippen molar-refractivity contribution in [3.8, 4) is 11.8 Å². The molecule has 0 aliphatic heterocycles. The first-order valence-corrected chi connectivity index (χ1v) is 9.70. The Morgan fingerprint density at radius 1 is 1.43 bits per heavy atom. The molecular formula is C19H17FN6O3S. The van der Waals surface area contributed by atoms with Gasteiger partial charge in [0, 0.05) is 12.6 Å². The van der Waals surface area contributed by atoms with Gasteiger partial charge in [-0.2, -0.15) is 10.4 Å². The summed E-state index contributed by atoms with van der Waals surface area (Å²) in [4.78, 5) is 23.3. The van der Waals surface area contributed by atoms with Crippen molar-refractivity contribution in [2.24, 2.45) is 0 Å². The fourth-order valence-corrected chi connectivity index (χ4v) is 3.77. The summed E-state index contributed by atoms with van der Waals surface area (Å²) in [7, 11) is 0. The Kier molecular flexibility index (Phi) is 6.08. The summed E-state index contributed by atoms with van der Waals surface area (Å²) in [5.74, 6) is -0.634. The number of nitriles is 1. The molecule has 154 valence electrons. The molecule has 1 amide bonds. The molecule has 0 bridgehead atoms. The van der Waals surface area contributed by atoms with Crippen molar-refractivity contribution in [1.82, 2.24) is 15.1 Å². The van der Waals surface area contributed by atoms with Crippen molar-refractivity contribution in [3.63, 3.8) is 0 Å². The maximum atomic E-state index is 13.1. The highest BCUT2D eigenvalue weighted by Gasteiger charge is 2.20. The number of hydrogen-bond donors (Lipinski definition) is 2. The summed E-state index contributed by atoms with van der Waals surface area (Å²) in [6, 6.07) is 8.84. The average Bonchev–Trinajstić information content (AvgIpc) is 3.25. The maximum absolute atomic E-state index is 13.1. The lowest BCUT2D eigenvalue weighted by atomic mass is 10.1. The van der Waals surface area contributed by atoms with Crippen LogP contribution < -0.4 is 11.1 Å². The fourth-order valence-electron chi connectivity index (χ4n) is 2.86. The molecule has 9 nitrogen and oxygen atoms in total. The maximum Gasteiger partial charge on any atom is 0.283 e. The van der Waals surface area contributed by atoms with E-state index in [2.05, 4.69) is 10.4 Å². The highest BCUT2D eigenvalue weighted by atomic mass is 32.1. The molecule has 0 saturated carbocycles. The number of benzene rings is 1. The normalized spacial score (nSPS) is 10.6. The van der Waals surface area contributed by atoms with E-state index >= 15 is 0 Å². The molecule has 0 unspecified atom stereocenters. The number of nitrogens with zero attached hydrogens (tertiary/aromatic N) is 4. The van der Waals surface area contributed by atoms with Gasteiger partial charge >= 0.3 is 0 Å². The smallest absolute Gasteiger partial charge is 0.283 e. The van der Waals surface area contributed by atoms with Gasteiger partial charge in [0.2, 0.25) is 0 Å². The Morgan fingerprint density at radius 3 is 2.73 bits per heavy atom. The SMILES string of the molecule is Cc1sc(C(=O)NCCCc2nn(-c3ccc(F)cc3)c(N)c2C#N)cc1[N+](=O)[O-]. The van der Waals surface area contributed by atoms with Crippen LogP contribution in [0, 0.1) is 34.2 Å². The van der Waals surface area contributed by atoms with Crippen molar-refractivity contribution in [3.05, 3.63) is 67.3 Å². The van der Waals surface area contributed by atoms with Crippen LogP contribution in [-0.4, -0.2) is 27.2 Å². The number of aromatic nitrogens is 2. The van der Waals surface area contributed by atoms with E-state index < -0.39 is 16.6 Å². The molecule has 3 aromatic rings. The summed E-state index contributed by atoms with van der Waals surface area (Å²) < 4.78 is 14.5. The molecule has 3 rings (SSSR count). The van der Waals surface area contributed by atoms with Gasteiger partial charge in [-0.3, -0.25) is 14.9 Å². The molecule has 2 aromatic heterocycles. The van der Waals surface area contributed by atoms with Gasteiger partial charge in [-0.15, -0.1) is 11.3 Å². The number of halogens is 1. The van der Waals surface area contributed by atoms with Crippen LogP contribution in [0.1, 0.15) is 32.2 Å². The molecular weight excluding hydrogens is 411 g/mol. The Balaban J connectivity index is 1.63. The Hall–Kier alpha value is -3.78. The number of nitrogen functional groups attached to an aromatic ring is 1. The molecule has 11 heteroatoms. The second-order valence-corrected chi connectivity index (χ2v) is 7.63. The van der Waals surface area contributed by atoms with Gasteiger partial charge in [0.05, 0.1) is 26.1 Å². The topological polar surface area (TPSA) is 140 Å². The monoisotopic (exact) mass is 428 g/mol. The third kappa shape index (κ3) is 4.28. The molecule has 2 heterocycles. The van der Waals surface area contributed by atoms with E-state index in [1.54, 1.807) is 6.92 Å². The largest absolute Gasteiger partial charge is 0.382 e. The summed E-state index contributed by atoms with van der Waals surface area (Å²) in [5, 5.41) is 27.4. The second-order valence-electron chi connectivity index (χ2n) is 6.38. The van der Waals surface area contributed by atoms with Crippen LogP contribution in [0.25, 0.3) is 5.69 Å². The third-order valence-corrected chi connectivity index (χ3v) is 5.40. The average molecular weight is 428 g/mol. The van der Waals surface area contributed by atoms with Gasteiger partial charge in [0.15, 0.2) is 0 Å². The van der Waals surface area contributed by atoms with Gasteiger partial charge in [-0.05, 0) is 44.0 Å². The number of carbonyl (C=O) groups is 1. The Labute approximate surface area is 174 Å². The molecule has 3 N–H and O–H groups in total. The highest BCUT2D eigenvalue weighted by molar-refractivity contribution is 7.14. The molecule has 0 atom stereocenters. The minimum atomic E-state index is -0.520. The number of thiophene rings is 1. The Morgan fingerprint density at radius 2 is 2.13 bits per heavy atom. The molecule has 0 aliphatic carbocycles. The first kappa shape index (κ1) is 20.9. The van der Waals surface area contributed by atoms with Gasteiger partial charge in [0.1, 0.15) is 23.3 Å². The van der Waals surface area contributed by atoms with E-state index in [4.69, 9.17) is 5.73 Å². The Bertz CT molecular complexity index is 1150. The van der Waals surface area contributed by atoms with Crippen molar-refractivity contribution < 1.29 is 14.1 Å². The van der Waals surface area contributed by atoms with Gasteiger partial charge in [-0.1, -0.05) is 0 Å². The van der Waals surface area contributed by atoms with Crippen LogP contribution in [0.5, 0.6) is 0 Å². The number of hydrogen-bond acceptors (Lipinski definition) is 7. The number of nitrogens with one attached hydrogen (secondary N) is 1.